The maximum Gasteiger partial charge on any atom is -0.00141 e. The zero-order valence-corrected chi connectivity index (χ0v) is 27.5. The lowest BCUT2D eigenvalue weighted by atomic mass is 9.82. The minimum Gasteiger partial charge on any atom is -0.0622 e. The summed E-state index contributed by atoms with van der Waals surface area (Å²) in [6, 6.07) is 71.3. The first-order valence-corrected chi connectivity index (χ1v) is 17.3. The Morgan fingerprint density at radius 2 is 0.720 bits per heavy atom. The lowest BCUT2D eigenvalue weighted by Gasteiger charge is -2.20. The fraction of sp³-hybridized carbons (Fsp3) is 0. The normalized spacial score (nSPS) is 11.6. The second-order valence-corrected chi connectivity index (χ2v) is 13.3. The first kappa shape index (κ1) is 28.5. The summed E-state index contributed by atoms with van der Waals surface area (Å²) in [5, 5.41) is 12.7. The van der Waals surface area contributed by atoms with E-state index < -0.39 is 0 Å². The summed E-state index contributed by atoms with van der Waals surface area (Å²) in [7, 11) is 0. The molecule has 10 aromatic rings. The van der Waals surface area contributed by atoms with Gasteiger partial charge in [-0.15, -0.1) is 0 Å². The Balaban J connectivity index is 1.22. The Bertz CT molecular complexity index is 2910. The average molecular weight is 633 g/mol. The highest BCUT2D eigenvalue weighted by atomic mass is 14.2. The molecule has 10 aromatic carbocycles. The molecule has 0 bridgehead atoms. The predicted octanol–water partition coefficient (Wildman–Crippen LogP) is 14.1. The van der Waals surface area contributed by atoms with E-state index in [2.05, 4.69) is 194 Å². The van der Waals surface area contributed by atoms with Gasteiger partial charge in [0.2, 0.25) is 0 Å². The van der Waals surface area contributed by atoms with E-state index >= 15 is 0 Å². The molecule has 0 saturated carbocycles. The number of hydrogen-bond acceptors (Lipinski definition) is 0. The van der Waals surface area contributed by atoms with Crippen molar-refractivity contribution >= 4 is 53.9 Å². The molecule has 0 aromatic heterocycles. The molecule has 0 aliphatic rings. The molecule has 0 amide bonds. The van der Waals surface area contributed by atoms with Crippen molar-refractivity contribution < 1.29 is 0 Å². The topological polar surface area (TPSA) is 0 Å². The molecular weight excluding hydrogens is 601 g/mol. The van der Waals surface area contributed by atoms with Crippen LogP contribution in [0.25, 0.3) is 98.4 Å². The molecule has 0 heterocycles. The summed E-state index contributed by atoms with van der Waals surface area (Å²) in [6.45, 7) is 0. The SMILES string of the molecule is c1ccc(-c2ccc3cc(-c4cccc(-c5c6ccccc6c(-c6cccc7ccccc67)c6ccc7ccccc7c56)c4)ccc3c2)cc1. The van der Waals surface area contributed by atoms with Gasteiger partial charge in [-0.1, -0.05) is 176 Å². The molecule has 0 saturated heterocycles. The predicted molar refractivity (Wildman–Crippen MR) is 216 cm³/mol. The van der Waals surface area contributed by atoms with E-state index in [1.165, 1.54) is 98.4 Å². The van der Waals surface area contributed by atoms with Crippen molar-refractivity contribution in [1.82, 2.24) is 0 Å². The maximum atomic E-state index is 2.39. The zero-order chi connectivity index (χ0) is 33.0. The Kier molecular flexibility index (Phi) is 6.60. The first-order chi connectivity index (χ1) is 24.8. The molecule has 0 radical (unpaired) electrons. The van der Waals surface area contributed by atoms with Crippen molar-refractivity contribution in [2.24, 2.45) is 0 Å². The van der Waals surface area contributed by atoms with Crippen LogP contribution in [-0.2, 0) is 0 Å². The van der Waals surface area contributed by atoms with Crippen LogP contribution < -0.4 is 0 Å². The lowest BCUT2D eigenvalue weighted by molar-refractivity contribution is 1.62. The zero-order valence-electron chi connectivity index (χ0n) is 27.5. The van der Waals surface area contributed by atoms with Crippen LogP contribution in [0.4, 0.5) is 0 Å². The first-order valence-electron chi connectivity index (χ1n) is 17.3. The van der Waals surface area contributed by atoms with Crippen molar-refractivity contribution in [1.29, 1.82) is 0 Å². The van der Waals surface area contributed by atoms with Crippen molar-refractivity contribution in [3.05, 3.63) is 194 Å². The van der Waals surface area contributed by atoms with E-state index in [0.29, 0.717) is 0 Å². The second kappa shape index (κ2) is 11.6. The van der Waals surface area contributed by atoms with Crippen LogP contribution >= 0.6 is 0 Å². The molecule has 0 spiro atoms. The maximum absolute atomic E-state index is 2.39. The molecule has 0 heteroatoms. The Labute approximate surface area is 291 Å². The summed E-state index contributed by atoms with van der Waals surface area (Å²) in [5.74, 6) is 0. The minimum absolute atomic E-state index is 1.21. The second-order valence-electron chi connectivity index (χ2n) is 13.3. The molecule has 50 heavy (non-hydrogen) atoms. The smallest absolute Gasteiger partial charge is 0.00141 e. The van der Waals surface area contributed by atoms with E-state index in [4.69, 9.17) is 0 Å². The molecule has 0 unspecified atom stereocenters. The van der Waals surface area contributed by atoms with Gasteiger partial charge in [-0.05, 0) is 117 Å². The van der Waals surface area contributed by atoms with Crippen LogP contribution in [-0.4, -0.2) is 0 Å². The van der Waals surface area contributed by atoms with Gasteiger partial charge in [0.15, 0.2) is 0 Å². The molecule has 232 valence electrons. The van der Waals surface area contributed by atoms with Gasteiger partial charge in [0.05, 0.1) is 0 Å². The van der Waals surface area contributed by atoms with Crippen LogP contribution in [0, 0.1) is 0 Å². The highest BCUT2D eigenvalue weighted by molar-refractivity contribution is 6.29. The van der Waals surface area contributed by atoms with Crippen LogP contribution in [0.1, 0.15) is 0 Å². The van der Waals surface area contributed by atoms with Crippen LogP contribution in [0.5, 0.6) is 0 Å². The largest absolute Gasteiger partial charge is 0.0622 e. The fourth-order valence-electron chi connectivity index (χ4n) is 8.07. The molecule has 0 aliphatic heterocycles. The van der Waals surface area contributed by atoms with Gasteiger partial charge in [0.1, 0.15) is 0 Å². The van der Waals surface area contributed by atoms with Gasteiger partial charge in [-0.25, -0.2) is 0 Å². The molecule has 0 nitrogen and oxygen atoms in total. The van der Waals surface area contributed by atoms with Crippen LogP contribution in [0.2, 0.25) is 0 Å². The third-order valence-corrected chi connectivity index (χ3v) is 10.4. The third kappa shape index (κ3) is 4.61. The summed E-state index contributed by atoms with van der Waals surface area (Å²) >= 11 is 0. The van der Waals surface area contributed by atoms with E-state index in [0.717, 1.165) is 0 Å². The lowest BCUT2D eigenvalue weighted by Crippen LogP contribution is -1.93. The van der Waals surface area contributed by atoms with Crippen molar-refractivity contribution in [3.63, 3.8) is 0 Å². The quantitative estimate of drug-likeness (QED) is 0.134. The van der Waals surface area contributed by atoms with Gasteiger partial charge < -0.3 is 0 Å². The third-order valence-electron chi connectivity index (χ3n) is 10.4. The monoisotopic (exact) mass is 632 g/mol. The molecule has 0 fully saturated rings. The van der Waals surface area contributed by atoms with Gasteiger partial charge in [-0.2, -0.15) is 0 Å². The van der Waals surface area contributed by atoms with Crippen molar-refractivity contribution in [2.75, 3.05) is 0 Å². The number of benzene rings is 10. The highest BCUT2D eigenvalue weighted by Gasteiger charge is 2.20. The standard InChI is InChI=1S/C50H32/c1-2-12-33(13-3-1)37-24-25-40-31-38(26-27-39(40)30-37)36-17-10-18-41(32-36)48-45-21-8-9-22-46(45)49(44-23-11-16-34-14-4-6-19-42(34)44)47-29-28-35-15-5-7-20-43(35)50(47)48/h1-32H. The van der Waals surface area contributed by atoms with E-state index in [1.54, 1.807) is 0 Å². The van der Waals surface area contributed by atoms with Gasteiger partial charge >= 0.3 is 0 Å². The molecular formula is C50H32. The van der Waals surface area contributed by atoms with Crippen LogP contribution in [0.3, 0.4) is 0 Å². The van der Waals surface area contributed by atoms with Gasteiger partial charge in [-0.3, -0.25) is 0 Å². The fourth-order valence-corrected chi connectivity index (χ4v) is 8.07. The molecule has 0 aliphatic carbocycles. The van der Waals surface area contributed by atoms with Crippen LogP contribution in [0.15, 0.2) is 194 Å². The Morgan fingerprint density at radius 1 is 0.220 bits per heavy atom. The Hall–Kier alpha value is -6.50. The Morgan fingerprint density at radius 3 is 1.48 bits per heavy atom. The number of hydrogen-bond donors (Lipinski definition) is 0. The average Bonchev–Trinajstić information content (AvgIpc) is 3.19. The highest BCUT2D eigenvalue weighted by Crippen LogP contribution is 2.48. The van der Waals surface area contributed by atoms with Crippen molar-refractivity contribution in [3.8, 4) is 44.5 Å². The molecule has 0 N–H and O–H groups in total. The number of fused-ring (bicyclic) bond motifs is 6. The van der Waals surface area contributed by atoms with E-state index in [9.17, 15) is 0 Å². The van der Waals surface area contributed by atoms with Gasteiger partial charge in [0, 0.05) is 0 Å². The summed E-state index contributed by atoms with van der Waals surface area (Å²) in [6.07, 6.45) is 0. The van der Waals surface area contributed by atoms with E-state index in [1.807, 2.05) is 0 Å². The molecule has 10 rings (SSSR count). The van der Waals surface area contributed by atoms with Gasteiger partial charge in [0.25, 0.3) is 0 Å². The molecule has 0 atom stereocenters. The summed E-state index contributed by atoms with van der Waals surface area (Å²) in [4.78, 5) is 0. The number of rotatable bonds is 4. The van der Waals surface area contributed by atoms with E-state index in [-0.39, 0.29) is 0 Å². The summed E-state index contributed by atoms with van der Waals surface area (Å²) < 4.78 is 0. The van der Waals surface area contributed by atoms with Crippen molar-refractivity contribution in [2.45, 2.75) is 0 Å². The summed E-state index contributed by atoms with van der Waals surface area (Å²) in [5.41, 5.74) is 9.99. The minimum atomic E-state index is 1.21.